The van der Waals surface area contributed by atoms with Gasteiger partial charge in [-0.15, -0.1) is 0 Å². The molecule has 0 fully saturated rings. The summed E-state index contributed by atoms with van der Waals surface area (Å²) in [5.41, 5.74) is 13.5. The quantitative estimate of drug-likeness (QED) is 0.129. The number of nitrogens with two attached hydrogens (primary N) is 2. The van der Waals surface area contributed by atoms with Gasteiger partial charge >= 0.3 is 5.97 Å². The molecule has 0 aliphatic rings. The Kier molecular flexibility index (Phi) is 8.98. The van der Waals surface area contributed by atoms with Crippen molar-refractivity contribution in [3.8, 4) is 5.75 Å². The third-order valence-electron chi connectivity index (χ3n) is 5.59. The van der Waals surface area contributed by atoms with Gasteiger partial charge in [0.2, 0.25) is 0 Å². The SMILES string of the molecule is CCC(=C(c1ccc(C=CC(=O)O)cc1)c1ccc(N)c(C=[NH2+])c1)c1ccc(OCCOC)cc1. The second-order valence-electron chi connectivity index (χ2n) is 7.88. The highest BCUT2D eigenvalue weighted by atomic mass is 16.5. The number of ether oxygens (including phenoxy) is 2. The predicted molar refractivity (Wildman–Crippen MR) is 141 cm³/mol. The first-order valence-electron chi connectivity index (χ1n) is 11.4. The molecule has 6 heteroatoms. The molecule has 0 aliphatic heterocycles. The van der Waals surface area contributed by atoms with Gasteiger partial charge in [0.05, 0.1) is 12.2 Å². The molecule has 0 aliphatic carbocycles. The van der Waals surface area contributed by atoms with Crippen molar-refractivity contribution in [3.05, 3.63) is 101 Å². The van der Waals surface area contributed by atoms with E-state index in [9.17, 15) is 4.79 Å². The maximum atomic E-state index is 10.9. The molecule has 180 valence electrons. The van der Waals surface area contributed by atoms with Crippen LogP contribution in [0, 0.1) is 0 Å². The molecule has 0 saturated carbocycles. The lowest BCUT2D eigenvalue weighted by Crippen LogP contribution is -2.30. The summed E-state index contributed by atoms with van der Waals surface area (Å²) in [5.74, 6) is -0.199. The molecule has 0 heterocycles. The molecule has 0 aromatic heterocycles. The Morgan fingerprint density at radius 1 is 0.971 bits per heavy atom. The number of hydrogen-bond acceptors (Lipinski definition) is 4. The van der Waals surface area contributed by atoms with Gasteiger partial charge in [0, 0.05) is 18.9 Å². The zero-order valence-corrected chi connectivity index (χ0v) is 20.0. The normalized spacial score (nSPS) is 11.8. The van der Waals surface area contributed by atoms with Crippen LogP contribution >= 0.6 is 0 Å². The van der Waals surface area contributed by atoms with Crippen molar-refractivity contribution in [3.63, 3.8) is 0 Å². The van der Waals surface area contributed by atoms with Crippen LogP contribution < -0.4 is 15.9 Å². The van der Waals surface area contributed by atoms with Gasteiger partial charge in [-0.1, -0.05) is 49.4 Å². The molecule has 0 amide bonds. The lowest BCUT2D eigenvalue weighted by atomic mass is 9.87. The Labute approximate surface area is 205 Å². The number of hydrogen-bond donors (Lipinski definition) is 3. The zero-order valence-electron chi connectivity index (χ0n) is 20.0. The predicted octanol–water partition coefficient (Wildman–Crippen LogP) is 3.94. The van der Waals surface area contributed by atoms with Gasteiger partial charge < -0.3 is 20.3 Å². The van der Waals surface area contributed by atoms with Gasteiger partial charge in [-0.3, -0.25) is 5.41 Å². The lowest BCUT2D eigenvalue weighted by molar-refractivity contribution is -0.131. The number of allylic oxidation sites excluding steroid dienone is 1. The highest BCUT2D eigenvalue weighted by Crippen LogP contribution is 2.36. The van der Waals surface area contributed by atoms with Crippen LogP contribution in [0.1, 0.15) is 41.2 Å². The van der Waals surface area contributed by atoms with E-state index < -0.39 is 5.97 Å². The van der Waals surface area contributed by atoms with Crippen LogP contribution in [-0.4, -0.2) is 37.6 Å². The third-order valence-corrected chi connectivity index (χ3v) is 5.59. The third kappa shape index (κ3) is 6.68. The van der Waals surface area contributed by atoms with E-state index in [-0.39, 0.29) is 0 Å². The lowest BCUT2D eigenvalue weighted by Gasteiger charge is -2.18. The number of nitrogen functional groups attached to an aromatic ring is 1. The van der Waals surface area contributed by atoms with Gasteiger partial charge in [-0.05, 0) is 70.2 Å². The molecule has 6 nitrogen and oxygen atoms in total. The molecule has 0 atom stereocenters. The van der Waals surface area contributed by atoms with Crippen LogP contribution in [-0.2, 0) is 9.53 Å². The molecule has 0 spiro atoms. The molecular formula is C29H31N2O4+. The first-order valence-corrected chi connectivity index (χ1v) is 11.4. The average Bonchev–Trinajstić information content (AvgIpc) is 2.87. The number of methoxy groups -OCH3 is 1. The summed E-state index contributed by atoms with van der Waals surface area (Å²) in [6.07, 6.45) is 4.99. The molecule has 0 saturated heterocycles. The van der Waals surface area contributed by atoms with E-state index in [0.29, 0.717) is 18.9 Å². The Morgan fingerprint density at radius 3 is 2.23 bits per heavy atom. The topological polar surface area (TPSA) is 107 Å². The number of anilines is 1. The molecule has 0 bridgehead atoms. The summed E-state index contributed by atoms with van der Waals surface area (Å²) in [7, 11) is 1.65. The van der Waals surface area contributed by atoms with Crippen LogP contribution in [0.3, 0.4) is 0 Å². The summed E-state index contributed by atoms with van der Waals surface area (Å²) in [4.78, 5) is 10.9. The summed E-state index contributed by atoms with van der Waals surface area (Å²) >= 11 is 0. The Bertz CT molecular complexity index is 1230. The van der Waals surface area contributed by atoms with Crippen LogP contribution in [0.5, 0.6) is 5.75 Å². The Balaban J connectivity index is 2.12. The van der Waals surface area contributed by atoms with E-state index in [2.05, 4.69) is 19.1 Å². The van der Waals surface area contributed by atoms with Crippen molar-refractivity contribution in [2.24, 2.45) is 0 Å². The van der Waals surface area contributed by atoms with Crippen molar-refractivity contribution < 1.29 is 24.8 Å². The van der Waals surface area contributed by atoms with E-state index in [4.69, 9.17) is 25.7 Å². The highest BCUT2D eigenvalue weighted by Gasteiger charge is 2.15. The van der Waals surface area contributed by atoms with Crippen molar-refractivity contribution in [1.29, 1.82) is 0 Å². The number of carboxylic acid groups (broad SMARTS) is 1. The number of carboxylic acids is 1. The molecule has 5 N–H and O–H groups in total. The number of rotatable bonds is 11. The zero-order chi connectivity index (χ0) is 25.2. The fourth-order valence-electron chi connectivity index (χ4n) is 3.84. The first kappa shape index (κ1) is 25.5. The maximum absolute atomic E-state index is 10.9. The number of carbonyl (C=O) groups is 1. The average molecular weight is 472 g/mol. The monoisotopic (exact) mass is 471 g/mol. The van der Waals surface area contributed by atoms with Gasteiger partial charge in [-0.25, -0.2) is 4.79 Å². The Morgan fingerprint density at radius 2 is 1.63 bits per heavy atom. The largest absolute Gasteiger partial charge is 0.491 e. The second kappa shape index (κ2) is 12.3. The minimum Gasteiger partial charge on any atom is -0.491 e. The van der Waals surface area contributed by atoms with Gasteiger partial charge in [0.15, 0.2) is 6.21 Å². The molecular weight excluding hydrogens is 440 g/mol. The maximum Gasteiger partial charge on any atom is 0.328 e. The Hall–Kier alpha value is -4.16. The van der Waals surface area contributed by atoms with Gasteiger partial charge in [-0.2, -0.15) is 0 Å². The minimum atomic E-state index is -0.981. The fraction of sp³-hybridized carbons (Fsp3) is 0.172. The summed E-state index contributed by atoms with van der Waals surface area (Å²) in [6.45, 7) is 3.14. The van der Waals surface area contributed by atoms with Crippen molar-refractivity contribution >= 4 is 35.1 Å². The van der Waals surface area contributed by atoms with E-state index in [1.54, 1.807) is 13.2 Å². The molecule has 0 radical (unpaired) electrons. The number of benzene rings is 3. The molecule has 35 heavy (non-hydrogen) atoms. The molecule has 3 rings (SSSR count). The molecule has 3 aromatic rings. The standard InChI is InChI=1S/C29H30N2O4/c1-3-26(21-9-12-25(13-10-21)35-17-16-34-2)29(23-11-14-27(31)24(18-23)19-30)22-7-4-20(5-8-22)6-15-28(32)33/h4-15,18-19,30H,3,16-17,31H2,1-2H3,(H,32,33)/p+1. The van der Waals surface area contributed by atoms with E-state index in [0.717, 1.165) is 57.2 Å². The van der Waals surface area contributed by atoms with Gasteiger partial charge in [0.1, 0.15) is 12.4 Å². The number of aliphatic carboxylic acids is 1. The van der Waals surface area contributed by atoms with Crippen molar-refractivity contribution in [2.75, 3.05) is 26.1 Å². The van der Waals surface area contributed by atoms with Crippen LogP contribution in [0.15, 0.2) is 72.8 Å². The van der Waals surface area contributed by atoms with E-state index >= 15 is 0 Å². The minimum absolute atomic E-state index is 0.490. The fourth-order valence-corrected chi connectivity index (χ4v) is 3.84. The summed E-state index contributed by atoms with van der Waals surface area (Å²) in [6, 6.07) is 21.7. The second-order valence-corrected chi connectivity index (χ2v) is 7.88. The summed E-state index contributed by atoms with van der Waals surface area (Å²) in [5, 5.41) is 14.7. The van der Waals surface area contributed by atoms with E-state index in [1.165, 1.54) is 6.21 Å². The molecule has 3 aromatic carbocycles. The van der Waals surface area contributed by atoms with Gasteiger partial charge in [0.25, 0.3) is 0 Å². The van der Waals surface area contributed by atoms with Crippen molar-refractivity contribution in [1.82, 2.24) is 0 Å². The van der Waals surface area contributed by atoms with E-state index in [1.807, 2.05) is 54.6 Å². The van der Waals surface area contributed by atoms with Crippen molar-refractivity contribution in [2.45, 2.75) is 13.3 Å². The van der Waals surface area contributed by atoms with Crippen LogP contribution in [0.4, 0.5) is 5.69 Å². The summed E-state index contributed by atoms with van der Waals surface area (Å²) < 4.78 is 10.8. The first-order chi connectivity index (χ1) is 17.0. The van der Waals surface area contributed by atoms with Crippen LogP contribution in [0.25, 0.3) is 17.2 Å². The molecule has 0 unspecified atom stereocenters. The smallest absolute Gasteiger partial charge is 0.328 e. The highest BCUT2D eigenvalue weighted by molar-refractivity contribution is 6.00. The van der Waals surface area contributed by atoms with Crippen LogP contribution in [0.2, 0.25) is 0 Å².